The molecule has 0 bridgehead atoms. The van der Waals surface area contributed by atoms with Gasteiger partial charge in [-0.25, -0.2) is 4.98 Å². The predicted octanol–water partition coefficient (Wildman–Crippen LogP) is 4.52. The van der Waals surface area contributed by atoms with Crippen LogP contribution in [0.4, 0.5) is 11.5 Å². The molecule has 0 saturated carbocycles. The smallest absolute Gasteiger partial charge is 0.311 e. The van der Waals surface area contributed by atoms with Gasteiger partial charge in [0, 0.05) is 42.0 Å². The second-order valence-corrected chi connectivity index (χ2v) is 9.68. The Morgan fingerprint density at radius 1 is 1.14 bits per heavy atom. The van der Waals surface area contributed by atoms with Gasteiger partial charge in [0.25, 0.3) is 5.91 Å². The number of aromatic nitrogens is 2. The fourth-order valence-corrected chi connectivity index (χ4v) is 3.99. The number of nitrogens with two attached hydrogens (primary N) is 1. The Kier molecular flexibility index (Phi) is 7.12. The Hall–Kier alpha value is -4.44. The average Bonchev–Trinajstić information content (AvgIpc) is 3.22. The van der Waals surface area contributed by atoms with Crippen LogP contribution in [0.1, 0.15) is 42.3 Å². The van der Waals surface area contributed by atoms with Crippen molar-refractivity contribution >= 4 is 23.1 Å². The molecule has 10 nitrogen and oxygen atoms in total. The first-order chi connectivity index (χ1) is 17.6. The molecule has 0 unspecified atom stereocenters. The summed E-state index contributed by atoms with van der Waals surface area (Å²) in [7, 11) is 1.39. The molecule has 4 N–H and O–H groups in total. The molecule has 1 amide bonds. The number of pyridine rings is 1. The number of rotatable bonds is 8. The van der Waals surface area contributed by atoms with E-state index < -0.39 is 4.92 Å². The molecule has 0 saturated heterocycles. The molecule has 0 radical (unpaired) electrons. The lowest BCUT2D eigenvalue weighted by Crippen LogP contribution is -2.27. The van der Waals surface area contributed by atoms with E-state index in [1.54, 1.807) is 30.5 Å². The third kappa shape index (κ3) is 5.70. The summed E-state index contributed by atoms with van der Waals surface area (Å²) in [6.45, 7) is 6.82. The number of nitro groups is 1. The number of nitrogens with one attached hydrogen (secondary N) is 2. The third-order valence-corrected chi connectivity index (χ3v) is 5.71. The summed E-state index contributed by atoms with van der Waals surface area (Å²) in [6.07, 6.45) is 1.77. The minimum absolute atomic E-state index is 0.155. The molecule has 0 fully saturated rings. The largest absolute Gasteiger partial charge is 0.490 e. The lowest BCUT2D eigenvalue weighted by atomic mass is 10.1. The number of nitrogens with zero attached hydrogens (tertiary/aromatic N) is 3. The molecule has 4 rings (SSSR count). The Balaban J connectivity index is 1.71. The number of benzene rings is 2. The van der Waals surface area contributed by atoms with E-state index in [1.807, 2.05) is 49.4 Å². The summed E-state index contributed by atoms with van der Waals surface area (Å²) < 4.78 is 6.98. The Morgan fingerprint density at radius 2 is 1.89 bits per heavy atom. The van der Waals surface area contributed by atoms with Crippen molar-refractivity contribution in [1.82, 2.24) is 14.7 Å². The van der Waals surface area contributed by atoms with Crippen LogP contribution in [-0.4, -0.2) is 32.9 Å². The summed E-state index contributed by atoms with van der Waals surface area (Å²) in [4.78, 5) is 28.8. The van der Waals surface area contributed by atoms with E-state index in [4.69, 9.17) is 15.5 Å². The van der Waals surface area contributed by atoms with Crippen molar-refractivity contribution in [2.75, 3.05) is 12.4 Å². The SMILES string of the molecule is COc1ccc(-c2nc3cc(C(=O)NCc4cccc(CN)c4)ccn3c2NC(C)(C)C)cc1[N+](=O)[O-]. The van der Waals surface area contributed by atoms with Crippen LogP contribution in [0, 0.1) is 10.1 Å². The van der Waals surface area contributed by atoms with Crippen molar-refractivity contribution < 1.29 is 14.5 Å². The van der Waals surface area contributed by atoms with Gasteiger partial charge in [-0.2, -0.15) is 0 Å². The van der Waals surface area contributed by atoms with Crippen molar-refractivity contribution in [3.05, 3.63) is 87.6 Å². The number of methoxy groups -OCH3 is 1. The van der Waals surface area contributed by atoms with Gasteiger partial charge in [-0.15, -0.1) is 0 Å². The Bertz CT molecular complexity index is 1470. The third-order valence-electron chi connectivity index (χ3n) is 5.71. The maximum Gasteiger partial charge on any atom is 0.311 e. The van der Waals surface area contributed by atoms with Crippen molar-refractivity contribution in [2.24, 2.45) is 5.73 Å². The van der Waals surface area contributed by atoms with Crippen LogP contribution in [0.15, 0.2) is 60.8 Å². The highest BCUT2D eigenvalue weighted by Gasteiger charge is 2.23. The molecule has 37 heavy (non-hydrogen) atoms. The van der Waals surface area contributed by atoms with Crippen molar-refractivity contribution in [1.29, 1.82) is 0 Å². The van der Waals surface area contributed by atoms with Crippen LogP contribution in [0.2, 0.25) is 0 Å². The summed E-state index contributed by atoms with van der Waals surface area (Å²) in [5.74, 6) is 0.585. The first-order valence-corrected chi connectivity index (χ1v) is 11.8. The number of amides is 1. The van der Waals surface area contributed by atoms with Gasteiger partial charge in [0.15, 0.2) is 5.75 Å². The predicted molar refractivity (Wildman–Crippen MR) is 143 cm³/mol. The molecule has 0 aliphatic rings. The first kappa shape index (κ1) is 25.6. The number of carbonyl (C=O) groups is 1. The van der Waals surface area contributed by atoms with Crippen LogP contribution >= 0.6 is 0 Å². The van der Waals surface area contributed by atoms with E-state index in [9.17, 15) is 14.9 Å². The molecule has 2 aromatic carbocycles. The van der Waals surface area contributed by atoms with Crippen LogP contribution in [0.3, 0.4) is 0 Å². The lowest BCUT2D eigenvalue weighted by molar-refractivity contribution is -0.385. The number of imidazole rings is 1. The van der Waals surface area contributed by atoms with E-state index >= 15 is 0 Å². The van der Waals surface area contributed by atoms with Gasteiger partial charge in [-0.3, -0.25) is 19.3 Å². The van der Waals surface area contributed by atoms with Crippen LogP contribution < -0.4 is 21.1 Å². The van der Waals surface area contributed by atoms with Gasteiger partial charge in [0.05, 0.1) is 12.0 Å². The van der Waals surface area contributed by atoms with E-state index in [-0.39, 0.29) is 22.9 Å². The normalized spacial score (nSPS) is 11.4. The number of anilines is 1. The highest BCUT2D eigenvalue weighted by Crippen LogP contribution is 2.36. The van der Waals surface area contributed by atoms with Crippen molar-refractivity contribution in [3.8, 4) is 17.0 Å². The Labute approximate surface area is 214 Å². The van der Waals surface area contributed by atoms with E-state index in [0.29, 0.717) is 41.4 Å². The fourth-order valence-electron chi connectivity index (χ4n) is 3.99. The van der Waals surface area contributed by atoms with Crippen molar-refractivity contribution in [3.63, 3.8) is 0 Å². The maximum absolute atomic E-state index is 12.9. The van der Waals surface area contributed by atoms with Gasteiger partial charge in [0.1, 0.15) is 17.2 Å². The van der Waals surface area contributed by atoms with Gasteiger partial charge in [0.2, 0.25) is 0 Å². The molecule has 0 atom stereocenters. The summed E-state index contributed by atoms with van der Waals surface area (Å²) >= 11 is 0. The zero-order valence-electron chi connectivity index (χ0n) is 21.2. The van der Waals surface area contributed by atoms with Gasteiger partial charge in [-0.05, 0) is 56.2 Å². The number of fused-ring (bicyclic) bond motifs is 1. The second kappa shape index (κ2) is 10.3. The number of hydrogen-bond acceptors (Lipinski definition) is 7. The van der Waals surface area contributed by atoms with Crippen LogP contribution in [0.5, 0.6) is 5.75 Å². The zero-order chi connectivity index (χ0) is 26.7. The maximum atomic E-state index is 12.9. The summed E-state index contributed by atoms with van der Waals surface area (Å²) in [5.41, 5.74) is 9.23. The zero-order valence-corrected chi connectivity index (χ0v) is 21.2. The molecular weight excluding hydrogens is 472 g/mol. The second-order valence-electron chi connectivity index (χ2n) is 9.68. The van der Waals surface area contributed by atoms with E-state index in [1.165, 1.54) is 13.2 Å². The highest BCUT2D eigenvalue weighted by molar-refractivity contribution is 5.95. The van der Waals surface area contributed by atoms with Crippen LogP contribution in [0.25, 0.3) is 16.9 Å². The minimum Gasteiger partial charge on any atom is -0.490 e. The average molecular weight is 503 g/mol. The number of nitro benzene ring substituents is 1. The Morgan fingerprint density at radius 3 is 2.57 bits per heavy atom. The summed E-state index contributed by atoms with van der Waals surface area (Å²) in [5, 5.41) is 18.0. The minimum atomic E-state index is -0.485. The molecule has 0 aliphatic heterocycles. The fraction of sp³-hybridized carbons (Fsp3) is 0.259. The first-order valence-electron chi connectivity index (χ1n) is 11.8. The lowest BCUT2D eigenvalue weighted by Gasteiger charge is -2.22. The quantitative estimate of drug-likeness (QED) is 0.238. The molecule has 192 valence electrons. The van der Waals surface area contributed by atoms with Crippen molar-refractivity contribution in [2.45, 2.75) is 39.4 Å². The molecular formula is C27H30N6O4. The molecule has 0 aliphatic carbocycles. The molecule has 4 aromatic rings. The standard InChI is InChI=1S/C27H30N6O4/c1-27(2,3)31-25-24(19-8-9-22(37-4)21(13-19)33(35)36)30-23-14-20(10-11-32(23)25)26(34)29-16-18-7-5-6-17(12-18)15-28/h5-14,31H,15-16,28H2,1-4H3,(H,29,34). The summed E-state index contributed by atoms with van der Waals surface area (Å²) in [6, 6.07) is 15.9. The number of ether oxygens (including phenoxy) is 1. The van der Waals surface area contributed by atoms with Crippen LogP contribution in [-0.2, 0) is 13.1 Å². The number of hydrogen-bond donors (Lipinski definition) is 3. The molecule has 0 spiro atoms. The number of carbonyl (C=O) groups excluding carboxylic acids is 1. The molecule has 10 heteroatoms. The van der Waals surface area contributed by atoms with Gasteiger partial charge in [-0.1, -0.05) is 24.3 Å². The molecule has 2 aromatic heterocycles. The monoisotopic (exact) mass is 502 g/mol. The molecule has 2 heterocycles. The van der Waals surface area contributed by atoms with E-state index in [0.717, 1.165) is 11.1 Å². The van der Waals surface area contributed by atoms with Gasteiger partial charge >= 0.3 is 5.69 Å². The highest BCUT2D eigenvalue weighted by atomic mass is 16.6. The van der Waals surface area contributed by atoms with E-state index in [2.05, 4.69) is 10.6 Å². The van der Waals surface area contributed by atoms with Gasteiger partial charge < -0.3 is 21.1 Å². The topological polar surface area (TPSA) is 137 Å².